The average Bonchev–Trinajstić information content (AvgIpc) is 3.19. The fourth-order valence-electron chi connectivity index (χ4n) is 3.16. The SMILES string of the molecule is [C-]#[N+]c1sc(N=Nc2c(NCC(C)O)nc(NCC(CC)CCCC)nc2NCC(C)O)nc1C. The van der Waals surface area contributed by atoms with Crippen molar-refractivity contribution < 1.29 is 10.2 Å². The quantitative estimate of drug-likeness (QED) is 0.160. The number of aromatic nitrogens is 3. The number of hydrogen-bond donors (Lipinski definition) is 5. The van der Waals surface area contributed by atoms with Crippen molar-refractivity contribution in [3.8, 4) is 0 Å². The van der Waals surface area contributed by atoms with Crippen LogP contribution in [0, 0.1) is 19.4 Å². The minimum Gasteiger partial charge on any atom is -0.392 e. The van der Waals surface area contributed by atoms with Crippen molar-refractivity contribution in [2.45, 2.75) is 72.5 Å². The Morgan fingerprint density at radius 1 is 0.971 bits per heavy atom. The fraction of sp³-hybridized carbons (Fsp3) is 0.652. The molecule has 3 unspecified atom stereocenters. The van der Waals surface area contributed by atoms with Gasteiger partial charge < -0.3 is 26.2 Å². The molecule has 2 aromatic heterocycles. The van der Waals surface area contributed by atoms with E-state index in [0.717, 1.165) is 37.1 Å². The van der Waals surface area contributed by atoms with Gasteiger partial charge in [0.15, 0.2) is 17.3 Å². The van der Waals surface area contributed by atoms with Gasteiger partial charge in [0.25, 0.3) is 5.00 Å². The van der Waals surface area contributed by atoms with Gasteiger partial charge in [-0.1, -0.05) is 33.1 Å². The molecule has 12 heteroatoms. The number of aliphatic hydroxyl groups is 2. The van der Waals surface area contributed by atoms with Crippen LogP contribution in [0.25, 0.3) is 4.85 Å². The van der Waals surface area contributed by atoms with Crippen LogP contribution >= 0.6 is 11.3 Å². The van der Waals surface area contributed by atoms with E-state index >= 15 is 0 Å². The molecule has 5 N–H and O–H groups in total. The number of aliphatic hydroxyl groups excluding tert-OH is 2. The molecule has 0 saturated carbocycles. The van der Waals surface area contributed by atoms with Gasteiger partial charge in [-0.3, -0.25) is 0 Å². The molecule has 0 bridgehead atoms. The van der Waals surface area contributed by atoms with Gasteiger partial charge in [0, 0.05) is 19.6 Å². The van der Waals surface area contributed by atoms with Crippen LogP contribution in [-0.4, -0.2) is 57.0 Å². The van der Waals surface area contributed by atoms with Gasteiger partial charge in [0.05, 0.1) is 24.5 Å². The number of anilines is 3. The van der Waals surface area contributed by atoms with Gasteiger partial charge in [-0.2, -0.15) is 9.97 Å². The van der Waals surface area contributed by atoms with E-state index in [1.165, 1.54) is 6.42 Å². The minimum absolute atomic E-state index is 0.251. The first-order chi connectivity index (χ1) is 16.8. The molecule has 0 amide bonds. The summed E-state index contributed by atoms with van der Waals surface area (Å²) >= 11 is 1.15. The average molecular weight is 504 g/mol. The highest BCUT2D eigenvalue weighted by Crippen LogP contribution is 2.37. The Balaban J connectivity index is 2.42. The Labute approximate surface area is 211 Å². The number of unbranched alkanes of at least 4 members (excludes halogenated alkanes) is 1. The molecule has 0 aromatic carbocycles. The van der Waals surface area contributed by atoms with Crippen LogP contribution in [0.1, 0.15) is 59.1 Å². The monoisotopic (exact) mass is 503 g/mol. The highest BCUT2D eigenvalue weighted by molar-refractivity contribution is 7.19. The van der Waals surface area contributed by atoms with E-state index in [9.17, 15) is 10.2 Å². The van der Waals surface area contributed by atoms with E-state index < -0.39 is 12.2 Å². The molecule has 35 heavy (non-hydrogen) atoms. The summed E-state index contributed by atoms with van der Waals surface area (Å²) in [6.07, 6.45) is 3.30. The van der Waals surface area contributed by atoms with Crippen LogP contribution in [-0.2, 0) is 0 Å². The Kier molecular flexibility index (Phi) is 11.8. The van der Waals surface area contributed by atoms with Gasteiger partial charge in [-0.15, -0.1) is 21.6 Å². The maximum atomic E-state index is 9.82. The van der Waals surface area contributed by atoms with E-state index in [2.05, 4.69) is 59.8 Å². The highest BCUT2D eigenvalue weighted by Gasteiger charge is 2.17. The third-order valence-corrected chi connectivity index (χ3v) is 6.14. The third kappa shape index (κ3) is 9.35. The molecule has 0 spiro atoms. The molecule has 0 aliphatic carbocycles. The van der Waals surface area contributed by atoms with Crippen LogP contribution in [0.3, 0.4) is 0 Å². The fourth-order valence-corrected chi connectivity index (χ4v) is 3.83. The molecular formula is C23H37N9O2S. The molecule has 0 saturated heterocycles. The van der Waals surface area contributed by atoms with E-state index in [0.29, 0.717) is 45.0 Å². The van der Waals surface area contributed by atoms with Crippen LogP contribution in [0.5, 0.6) is 0 Å². The topological polar surface area (TPSA) is 144 Å². The Morgan fingerprint density at radius 3 is 2.09 bits per heavy atom. The van der Waals surface area contributed by atoms with Crippen molar-refractivity contribution in [3.05, 3.63) is 17.1 Å². The lowest BCUT2D eigenvalue weighted by Gasteiger charge is -2.18. The van der Waals surface area contributed by atoms with Crippen molar-refractivity contribution in [1.82, 2.24) is 15.0 Å². The molecule has 3 atom stereocenters. The van der Waals surface area contributed by atoms with Gasteiger partial charge in [-0.25, -0.2) is 9.83 Å². The van der Waals surface area contributed by atoms with Crippen molar-refractivity contribution >= 4 is 44.7 Å². The first kappa shape index (κ1) is 28.4. The summed E-state index contributed by atoms with van der Waals surface area (Å²) < 4.78 is 0. The summed E-state index contributed by atoms with van der Waals surface area (Å²) in [5.74, 6) is 1.70. The molecule has 2 rings (SSSR count). The molecule has 11 nitrogen and oxygen atoms in total. The minimum atomic E-state index is -0.610. The van der Waals surface area contributed by atoms with E-state index in [4.69, 9.17) is 6.57 Å². The van der Waals surface area contributed by atoms with E-state index in [-0.39, 0.29) is 13.1 Å². The van der Waals surface area contributed by atoms with Crippen molar-refractivity contribution in [3.63, 3.8) is 0 Å². The maximum Gasteiger partial charge on any atom is 0.265 e. The number of nitrogens with zero attached hydrogens (tertiary/aromatic N) is 6. The molecule has 2 heterocycles. The number of azo groups is 1. The summed E-state index contributed by atoms with van der Waals surface area (Å²) in [4.78, 5) is 16.9. The van der Waals surface area contributed by atoms with Gasteiger partial charge >= 0.3 is 0 Å². The lowest BCUT2D eigenvalue weighted by Crippen LogP contribution is -2.21. The zero-order valence-corrected chi connectivity index (χ0v) is 22.0. The van der Waals surface area contributed by atoms with Crippen molar-refractivity contribution in [1.29, 1.82) is 0 Å². The largest absolute Gasteiger partial charge is 0.392 e. The summed E-state index contributed by atoms with van der Waals surface area (Å²) in [6, 6.07) is 0. The van der Waals surface area contributed by atoms with E-state index in [1.54, 1.807) is 20.8 Å². The van der Waals surface area contributed by atoms with Crippen molar-refractivity contribution in [2.24, 2.45) is 16.1 Å². The smallest absolute Gasteiger partial charge is 0.265 e. The first-order valence-corrected chi connectivity index (χ1v) is 12.8. The van der Waals surface area contributed by atoms with Gasteiger partial charge in [-0.05, 0) is 33.1 Å². The molecular weight excluding hydrogens is 466 g/mol. The number of rotatable bonds is 15. The lowest BCUT2D eigenvalue weighted by atomic mass is 9.99. The van der Waals surface area contributed by atoms with E-state index in [1.807, 2.05) is 0 Å². The summed E-state index contributed by atoms with van der Waals surface area (Å²) in [6.45, 7) is 17.9. The third-order valence-electron chi connectivity index (χ3n) is 5.20. The molecule has 0 aliphatic rings. The standard InChI is InChI=1S/C23H37N9O2S/c1-7-9-10-17(8-2)13-27-22-29-19(25-11-14(3)33)18(20(30-22)26-12-15(4)34)31-32-23-28-16(5)21(24-6)35-23/h14-15,17,33-34H,7-13H2,1-5H3,(H3,25,26,27,29,30). The van der Waals surface area contributed by atoms with Crippen LogP contribution in [0.4, 0.5) is 33.4 Å². The van der Waals surface area contributed by atoms with Gasteiger partial charge in [0.2, 0.25) is 11.1 Å². The van der Waals surface area contributed by atoms with Crippen LogP contribution in [0.2, 0.25) is 0 Å². The predicted molar refractivity (Wildman–Crippen MR) is 141 cm³/mol. The first-order valence-electron chi connectivity index (χ1n) is 12.0. The van der Waals surface area contributed by atoms with Crippen LogP contribution in [0.15, 0.2) is 10.2 Å². The van der Waals surface area contributed by atoms with Gasteiger partial charge in [0.1, 0.15) is 0 Å². The lowest BCUT2D eigenvalue weighted by molar-refractivity contribution is 0.208. The molecule has 0 fully saturated rings. The second-order valence-electron chi connectivity index (χ2n) is 8.55. The summed E-state index contributed by atoms with van der Waals surface area (Å²) in [5, 5.41) is 38.6. The Hall–Kier alpha value is -2.88. The number of aryl methyl sites for hydroxylation is 1. The molecule has 0 radical (unpaired) electrons. The maximum absolute atomic E-state index is 9.82. The predicted octanol–water partition coefficient (Wildman–Crippen LogP) is 5.42. The Morgan fingerprint density at radius 2 is 1.60 bits per heavy atom. The van der Waals surface area contributed by atoms with Crippen molar-refractivity contribution in [2.75, 3.05) is 35.6 Å². The number of thiazole rings is 1. The number of nitrogens with one attached hydrogen (secondary N) is 3. The normalized spacial score (nSPS) is 13.9. The zero-order valence-electron chi connectivity index (χ0n) is 21.2. The summed E-state index contributed by atoms with van der Waals surface area (Å²) in [7, 11) is 0. The zero-order chi connectivity index (χ0) is 25.8. The molecule has 2 aromatic rings. The summed E-state index contributed by atoms with van der Waals surface area (Å²) in [5.41, 5.74) is 0.926. The number of hydrogen-bond acceptors (Lipinski definition) is 11. The van der Waals surface area contributed by atoms with Crippen LogP contribution < -0.4 is 16.0 Å². The second-order valence-corrected chi connectivity index (χ2v) is 9.51. The molecule has 0 aliphatic heterocycles. The Bertz CT molecular complexity index is 968. The second kappa shape index (κ2) is 14.5. The molecule has 192 valence electrons. The highest BCUT2D eigenvalue weighted by atomic mass is 32.1.